The van der Waals surface area contributed by atoms with E-state index in [4.69, 9.17) is 9.15 Å². The van der Waals surface area contributed by atoms with Gasteiger partial charge < -0.3 is 29.8 Å². The monoisotopic (exact) mass is 425 g/mol. The van der Waals surface area contributed by atoms with Crippen LogP contribution in [0.25, 0.3) is 11.2 Å². The number of aromatic nitrogens is 4. The van der Waals surface area contributed by atoms with E-state index in [2.05, 4.69) is 36.2 Å². The zero-order chi connectivity index (χ0) is 18.3. The van der Waals surface area contributed by atoms with Gasteiger partial charge in [-0.1, -0.05) is 0 Å². The van der Waals surface area contributed by atoms with Crippen LogP contribution in [0.15, 0.2) is 33.9 Å². The number of imidazole rings is 1. The molecule has 26 heavy (non-hydrogen) atoms. The van der Waals surface area contributed by atoms with Crippen molar-refractivity contribution in [1.29, 1.82) is 0 Å². The van der Waals surface area contributed by atoms with Crippen LogP contribution >= 0.6 is 15.9 Å². The summed E-state index contributed by atoms with van der Waals surface area (Å²) in [5.74, 6) is 1.21. The molecule has 4 atom stereocenters. The van der Waals surface area contributed by atoms with Crippen molar-refractivity contribution in [3.05, 3.63) is 35.2 Å². The Morgan fingerprint density at radius 1 is 1.19 bits per heavy atom. The molecule has 1 fully saturated rings. The zero-order valence-electron chi connectivity index (χ0n) is 13.4. The minimum Gasteiger partial charge on any atom is -0.452 e. The third kappa shape index (κ3) is 2.97. The lowest BCUT2D eigenvalue weighted by molar-refractivity contribution is -0.0511. The van der Waals surface area contributed by atoms with Crippen molar-refractivity contribution in [2.24, 2.45) is 0 Å². The molecule has 4 heterocycles. The maximum absolute atomic E-state index is 10.2. The van der Waals surface area contributed by atoms with Crippen molar-refractivity contribution < 1.29 is 24.5 Å². The number of anilines is 1. The van der Waals surface area contributed by atoms with E-state index in [0.29, 0.717) is 34.0 Å². The van der Waals surface area contributed by atoms with Crippen LogP contribution in [-0.4, -0.2) is 59.8 Å². The number of nitrogens with one attached hydrogen (secondary N) is 1. The number of aliphatic hydroxyl groups excluding tert-OH is 3. The Kier molecular flexibility index (Phi) is 4.63. The van der Waals surface area contributed by atoms with Gasteiger partial charge >= 0.3 is 0 Å². The summed E-state index contributed by atoms with van der Waals surface area (Å²) >= 11 is 3.25. The summed E-state index contributed by atoms with van der Waals surface area (Å²) in [6.07, 6.45) is -1.37. The van der Waals surface area contributed by atoms with E-state index in [-0.39, 0.29) is 0 Å². The van der Waals surface area contributed by atoms with Gasteiger partial charge in [0.05, 0.1) is 19.5 Å². The largest absolute Gasteiger partial charge is 0.452 e. The Balaban J connectivity index is 1.61. The van der Waals surface area contributed by atoms with Gasteiger partial charge in [0.1, 0.15) is 30.4 Å². The van der Waals surface area contributed by atoms with Gasteiger partial charge in [-0.15, -0.1) is 0 Å². The highest BCUT2D eigenvalue weighted by Gasteiger charge is 2.44. The Morgan fingerprint density at radius 3 is 2.73 bits per heavy atom. The predicted octanol–water partition coefficient (Wildman–Crippen LogP) is 0.405. The van der Waals surface area contributed by atoms with Gasteiger partial charge in [-0.3, -0.25) is 4.57 Å². The highest BCUT2D eigenvalue weighted by Crippen LogP contribution is 2.32. The molecule has 0 amide bonds. The third-order valence-corrected chi connectivity index (χ3v) is 4.64. The number of aliphatic hydroxyl groups is 3. The highest BCUT2D eigenvalue weighted by atomic mass is 79.9. The van der Waals surface area contributed by atoms with Crippen LogP contribution in [0.4, 0.5) is 5.82 Å². The molecule has 0 aliphatic carbocycles. The SMILES string of the molecule is OC[C@H]1O[C@@H](n2cnc3c(NCc4ccc(Br)o4)ncnc32)[C@@H](O)[C@@H]1O. The second-order valence-electron chi connectivity index (χ2n) is 5.83. The molecule has 0 spiro atoms. The van der Waals surface area contributed by atoms with Gasteiger partial charge in [0.25, 0.3) is 0 Å². The average Bonchev–Trinajstić information content (AvgIpc) is 3.32. The summed E-state index contributed by atoms with van der Waals surface area (Å²) in [4.78, 5) is 12.7. The van der Waals surface area contributed by atoms with Gasteiger partial charge in [-0.05, 0) is 28.1 Å². The first kappa shape index (κ1) is 17.4. The first-order valence-corrected chi connectivity index (χ1v) is 8.66. The molecule has 138 valence electrons. The number of hydrogen-bond donors (Lipinski definition) is 4. The van der Waals surface area contributed by atoms with Gasteiger partial charge in [-0.2, -0.15) is 0 Å². The normalized spacial score (nSPS) is 25.8. The summed E-state index contributed by atoms with van der Waals surface area (Å²) in [5, 5.41) is 32.5. The van der Waals surface area contributed by atoms with E-state index < -0.39 is 31.1 Å². The molecule has 1 aliphatic rings. The molecule has 10 nitrogen and oxygen atoms in total. The van der Waals surface area contributed by atoms with Crippen LogP contribution in [-0.2, 0) is 11.3 Å². The summed E-state index contributed by atoms with van der Waals surface area (Å²) < 4.78 is 13.1. The lowest BCUT2D eigenvalue weighted by Gasteiger charge is -2.16. The quantitative estimate of drug-likeness (QED) is 0.457. The van der Waals surface area contributed by atoms with Crippen molar-refractivity contribution in [3.63, 3.8) is 0 Å². The third-order valence-electron chi connectivity index (χ3n) is 4.21. The molecule has 3 aromatic heterocycles. The first-order chi connectivity index (χ1) is 12.6. The van der Waals surface area contributed by atoms with Crippen molar-refractivity contribution in [3.8, 4) is 0 Å². The molecule has 0 saturated carbocycles. The molecule has 0 radical (unpaired) electrons. The minimum absolute atomic E-state index is 0.401. The van der Waals surface area contributed by atoms with Crippen molar-refractivity contribution in [2.75, 3.05) is 11.9 Å². The highest BCUT2D eigenvalue weighted by molar-refractivity contribution is 9.10. The van der Waals surface area contributed by atoms with Crippen LogP contribution in [0.3, 0.4) is 0 Å². The number of halogens is 1. The number of hydrogen-bond acceptors (Lipinski definition) is 9. The van der Waals surface area contributed by atoms with Gasteiger partial charge in [0.15, 0.2) is 27.9 Å². The van der Waals surface area contributed by atoms with Gasteiger partial charge in [-0.25, -0.2) is 15.0 Å². The van der Waals surface area contributed by atoms with Crippen LogP contribution in [0, 0.1) is 0 Å². The molecular weight excluding hydrogens is 410 g/mol. The van der Waals surface area contributed by atoms with Crippen molar-refractivity contribution in [2.45, 2.75) is 31.1 Å². The standard InChI is InChI=1S/C15H16BrN5O5/c16-9-2-1-7(25-9)3-17-13-10-14(19-5-18-13)21(6-20-10)15-12(24)11(23)8(4-22)26-15/h1-2,5-6,8,11-12,15,22-24H,3-4H2,(H,17,18,19)/t8-,11-,12+,15-/m1/s1. The van der Waals surface area contributed by atoms with E-state index in [1.807, 2.05) is 6.07 Å². The Labute approximate surface area is 155 Å². The number of ether oxygens (including phenoxy) is 1. The second kappa shape index (κ2) is 6.93. The molecule has 11 heteroatoms. The molecule has 4 N–H and O–H groups in total. The summed E-state index contributed by atoms with van der Waals surface area (Å²) in [5.41, 5.74) is 0.911. The van der Waals surface area contributed by atoms with Crippen LogP contribution in [0.5, 0.6) is 0 Å². The van der Waals surface area contributed by atoms with E-state index in [0.717, 1.165) is 0 Å². The summed E-state index contributed by atoms with van der Waals surface area (Å²) in [7, 11) is 0. The number of nitrogens with zero attached hydrogens (tertiary/aromatic N) is 4. The van der Waals surface area contributed by atoms with Crippen LogP contribution < -0.4 is 5.32 Å². The van der Waals surface area contributed by atoms with Crippen LogP contribution in [0.1, 0.15) is 12.0 Å². The van der Waals surface area contributed by atoms with E-state index >= 15 is 0 Å². The molecule has 3 aromatic rings. The van der Waals surface area contributed by atoms with E-state index in [1.54, 1.807) is 6.07 Å². The number of rotatable bonds is 5. The second-order valence-corrected chi connectivity index (χ2v) is 6.62. The molecule has 1 saturated heterocycles. The summed E-state index contributed by atoms with van der Waals surface area (Å²) in [6.45, 7) is 0.000278. The fraction of sp³-hybridized carbons (Fsp3) is 0.400. The summed E-state index contributed by atoms with van der Waals surface area (Å²) in [6, 6.07) is 3.62. The van der Waals surface area contributed by atoms with E-state index in [9.17, 15) is 15.3 Å². The molecule has 0 unspecified atom stereocenters. The molecule has 0 aromatic carbocycles. The Hall–Kier alpha value is -2.05. The lowest BCUT2D eigenvalue weighted by Crippen LogP contribution is -2.33. The minimum atomic E-state index is -1.21. The number of fused-ring (bicyclic) bond motifs is 1. The van der Waals surface area contributed by atoms with Gasteiger partial charge in [0.2, 0.25) is 0 Å². The number of furan rings is 1. The zero-order valence-corrected chi connectivity index (χ0v) is 14.9. The fourth-order valence-electron chi connectivity index (χ4n) is 2.89. The Morgan fingerprint density at radius 2 is 2.04 bits per heavy atom. The molecule has 4 rings (SSSR count). The Bertz CT molecular complexity index is 915. The first-order valence-electron chi connectivity index (χ1n) is 7.86. The molecular formula is C15H16BrN5O5. The van der Waals surface area contributed by atoms with Crippen LogP contribution in [0.2, 0.25) is 0 Å². The topological polar surface area (TPSA) is 139 Å². The van der Waals surface area contributed by atoms with Gasteiger partial charge in [0, 0.05) is 0 Å². The fourth-order valence-corrected chi connectivity index (χ4v) is 3.24. The smallest absolute Gasteiger partial charge is 0.169 e. The molecule has 0 bridgehead atoms. The van der Waals surface area contributed by atoms with Crippen molar-refractivity contribution in [1.82, 2.24) is 19.5 Å². The molecule has 1 aliphatic heterocycles. The maximum atomic E-state index is 10.2. The van der Waals surface area contributed by atoms with Crippen molar-refractivity contribution >= 4 is 32.9 Å². The predicted molar refractivity (Wildman–Crippen MR) is 92.1 cm³/mol. The average molecular weight is 426 g/mol. The lowest BCUT2D eigenvalue weighted by atomic mass is 10.1. The maximum Gasteiger partial charge on any atom is 0.169 e. The van der Waals surface area contributed by atoms with E-state index in [1.165, 1.54) is 17.2 Å².